The van der Waals surface area contributed by atoms with E-state index in [0.29, 0.717) is 16.7 Å². The van der Waals surface area contributed by atoms with E-state index in [4.69, 9.17) is 17.2 Å². The third-order valence-electron chi connectivity index (χ3n) is 2.32. The largest absolute Gasteiger partial charge is 0.366 e. The minimum Gasteiger partial charge on any atom is -0.366 e. The Labute approximate surface area is 121 Å². The summed E-state index contributed by atoms with van der Waals surface area (Å²) in [6.07, 6.45) is 8.18. The topological polar surface area (TPSA) is 129 Å². The van der Waals surface area contributed by atoms with Crippen LogP contribution in [0.3, 0.4) is 0 Å². The Balaban J connectivity index is 3.21. The van der Waals surface area contributed by atoms with E-state index in [1.807, 2.05) is 0 Å². The molecule has 0 aliphatic heterocycles. The molecule has 108 valence electrons. The van der Waals surface area contributed by atoms with Gasteiger partial charge in [-0.2, -0.15) is 0 Å². The van der Waals surface area contributed by atoms with Gasteiger partial charge in [0.2, 0.25) is 17.7 Å². The molecule has 0 aliphatic rings. The molecule has 0 saturated heterocycles. The summed E-state index contributed by atoms with van der Waals surface area (Å²) >= 11 is 0. The minimum absolute atomic E-state index is 0.581. The monoisotopic (exact) mass is 285 g/mol. The first-order chi connectivity index (χ1) is 9.86. The molecule has 3 amide bonds. The van der Waals surface area contributed by atoms with E-state index in [2.05, 4.69) is 0 Å². The molecule has 6 nitrogen and oxygen atoms in total. The van der Waals surface area contributed by atoms with Gasteiger partial charge in [-0.15, -0.1) is 0 Å². The Kier molecular flexibility index (Phi) is 5.64. The summed E-state index contributed by atoms with van der Waals surface area (Å²) in [6.45, 7) is 0. The fourth-order valence-corrected chi connectivity index (χ4v) is 1.53. The van der Waals surface area contributed by atoms with Crippen LogP contribution in [0.1, 0.15) is 16.7 Å². The van der Waals surface area contributed by atoms with Crippen molar-refractivity contribution in [1.29, 1.82) is 0 Å². The van der Waals surface area contributed by atoms with Crippen LogP contribution < -0.4 is 17.2 Å². The molecule has 0 spiro atoms. The Bertz CT molecular complexity index is 555. The second kappa shape index (κ2) is 7.44. The molecule has 6 heteroatoms. The molecular formula is C15H15N3O3. The van der Waals surface area contributed by atoms with Gasteiger partial charge in [0.25, 0.3) is 0 Å². The van der Waals surface area contributed by atoms with Crippen molar-refractivity contribution in [2.75, 3.05) is 0 Å². The number of hydrogen-bond donors (Lipinski definition) is 3. The van der Waals surface area contributed by atoms with E-state index in [1.165, 1.54) is 36.5 Å². The van der Waals surface area contributed by atoms with Crippen molar-refractivity contribution >= 4 is 35.9 Å². The quantitative estimate of drug-likeness (QED) is 0.644. The highest BCUT2D eigenvalue weighted by atomic mass is 16.1. The normalized spacial score (nSPS) is 11.4. The molecule has 0 radical (unpaired) electrons. The maximum atomic E-state index is 10.8. The lowest BCUT2D eigenvalue weighted by atomic mass is 10.0. The predicted octanol–water partition coefficient (Wildman–Crippen LogP) is 0.182. The molecule has 0 atom stereocenters. The maximum Gasteiger partial charge on any atom is 0.241 e. The second-order valence-electron chi connectivity index (χ2n) is 4.14. The van der Waals surface area contributed by atoms with Crippen LogP contribution in [0.2, 0.25) is 0 Å². The summed E-state index contributed by atoms with van der Waals surface area (Å²) in [6, 6.07) is 5.17. The fourth-order valence-electron chi connectivity index (χ4n) is 1.53. The first-order valence-corrected chi connectivity index (χ1v) is 5.94. The van der Waals surface area contributed by atoms with Crippen molar-refractivity contribution in [3.63, 3.8) is 0 Å². The van der Waals surface area contributed by atoms with Crippen molar-refractivity contribution in [2.24, 2.45) is 17.2 Å². The number of carbonyl (C=O) groups excluding carboxylic acids is 3. The molecule has 0 heterocycles. The van der Waals surface area contributed by atoms with Crippen LogP contribution in [-0.2, 0) is 14.4 Å². The van der Waals surface area contributed by atoms with Crippen LogP contribution in [0.25, 0.3) is 18.2 Å². The van der Waals surface area contributed by atoms with Crippen LogP contribution in [-0.4, -0.2) is 17.7 Å². The Morgan fingerprint density at radius 3 is 1.05 bits per heavy atom. The fraction of sp³-hybridized carbons (Fsp3) is 0. The number of nitrogens with two attached hydrogens (primary N) is 3. The predicted molar refractivity (Wildman–Crippen MR) is 81.1 cm³/mol. The van der Waals surface area contributed by atoms with Gasteiger partial charge in [-0.3, -0.25) is 14.4 Å². The number of amides is 3. The van der Waals surface area contributed by atoms with Crippen LogP contribution in [0.4, 0.5) is 0 Å². The lowest BCUT2D eigenvalue weighted by Gasteiger charge is -2.01. The third-order valence-corrected chi connectivity index (χ3v) is 2.32. The van der Waals surface area contributed by atoms with Gasteiger partial charge in [0.1, 0.15) is 0 Å². The van der Waals surface area contributed by atoms with Crippen molar-refractivity contribution < 1.29 is 14.4 Å². The molecule has 1 aromatic carbocycles. The molecule has 0 fully saturated rings. The van der Waals surface area contributed by atoms with Crippen LogP contribution in [0, 0.1) is 0 Å². The molecule has 1 rings (SSSR count). The third kappa shape index (κ3) is 6.53. The Morgan fingerprint density at radius 1 is 0.619 bits per heavy atom. The molecule has 6 N–H and O–H groups in total. The van der Waals surface area contributed by atoms with Gasteiger partial charge in [-0.1, -0.05) is 0 Å². The zero-order valence-corrected chi connectivity index (χ0v) is 11.2. The van der Waals surface area contributed by atoms with Crippen molar-refractivity contribution in [3.8, 4) is 0 Å². The standard InChI is InChI=1S/C15H15N3O3/c16-13(19)4-1-10-7-11(2-5-14(17)20)9-12(8-10)3-6-15(18)21/h1-9H,(H2,16,19)(H2,17,20)(H2,18,21). The van der Waals surface area contributed by atoms with Gasteiger partial charge >= 0.3 is 0 Å². The molecular weight excluding hydrogens is 270 g/mol. The molecule has 0 bridgehead atoms. The van der Waals surface area contributed by atoms with Crippen molar-refractivity contribution in [1.82, 2.24) is 0 Å². The minimum atomic E-state index is -0.581. The average Bonchev–Trinajstić information content (AvgIpc) is 2.40. The van der Waals surface area contributed by atoms with Gasteiger partial charge < -0.3 is 17.2 Å². The summed E-state index contributed by atoms with van der Waals surface area (Å²) in [4.78, 5) is 32.3. The average molecular weight is 285 g/mol. The number of primary amides is 3. The number of benzene rings is 1. The van der Waals surface area contributed by atoms with Crippen molar-refractivity contribution in [2.45, 2.75) is 0 Å². The summed E-state index contributed by atoms with van der Waals surface area (Å²) in [7, 11) is 0. The highest BCUT2D eigenvalue weighted by molar-refractivity contribution is 5.92. The van der Waals surface area contributed by atoms with E-state index in [9.17, 15) is 14.4 Å². The summed E-state index contributed by atoms with van der Waals surface area (Å²) in [5.41, 5.74) is 17.1. The van der Waals surface area contributed by atoms with Gasteiger partial charge in [-0.25, -0.2) is 0 Å². The van der Waals surface area contributed by atoms with Gasteiger partial charge in [0.15, 0.2) is 0 Å². The van der Waals surface area contributed by atoms with Gasteiger partial charge in [-0.05, 0) is 53.1 Å². The Morgan fingerprint density at radius 2 is 0.857 bits per heavy atom. The lowest BCUT2D eigenvalue weighted by Crippen LogP contribution is -2.05. The number of carbonyl (C=O) groups is 3. The van der Waals surface area contributed by atoms with E-state index < -0.39 is 17.7 Å². The maximum absolute atomic E-state index is 10.8. The van der Waals surface area contributed by atoms with Crippen molar-refractivity contribution in [3.05, 3.63) is 53.1 Å². The zero-order valence-electron chi connectivity index (χ0n) is 11.2. The van der Waals surface area contributed by atoms with Crippen LogP contribution >= 0.6 is 0 Å². The summed E-state index contributed by atoms with van der Waals surface area (Å²) in [5, 5.41) is 0. The molecule has 21 heavy (non-hydrogen) atoms. The highest BCUT2D eigenvalue weighted by Gasteiger charge is 1.97. The highest BCUT2D eigenvalue weighted by Crippen LogP contribution is 2.15. The molecule has 1 aromatic rings. The summed E-state index contributed by atoms with van der Waals surface area (Å²) < 4.78 is 0. The van der Waals surface area contributed by atoms with Gasteiger partial charge in [0, 0.05) is 18.2 Å². The first kappa shape index (κ1) is 15.9. The molecule has 0 unspecified atom stereocenters. The first-order valence-electron chi connectivity index (χ1n) is 5.94. The summed E-state index contributed by atoms with van der Waals surface area (Å²) in [5.74, 6) is -1.74. The van der Waals surface area contributed by atoms with E-state index in [1.54, 1.807) is 18.2 Å². The van der Waals surface area contributed by atoms with Gasteiger partial charge in [0.05, 0.1) is 0 Å². The molecule has 0 aromatic heterocycles. The smallest absolute Gasteiger partial charge is 0.241 e. The van der Waals surface area contributed by atoms with E-state index in [-0.39, 0.29) is 0 Å². The van der Waals surface area contributed by atoms with Crippen LogP contribution in [0.15, 0.2) is 36.4 Å². The number of hydrogen-bond acceptors (Lipinski definition) is 3. The number of rotatable bonds is 6. The van der Waals surface area contributed by atoms with E-state index >= 15 is 0 Å². The zero-order chi connectivity index (χ0) is 15.8. The molecule has 0 aliphatic carbocycles. The van der Waals surface area contributed by atoms with Crippen LogP contribution in [0.5, 0.6) is 0 Å². The van der Waals surface area contributed by atoms with E-state index in [0.717, 1.165) is 0 Å². The SMILES string of the molecule is NC(=O)C=Cc1cc(C=CC(N)=O)cc(C=CC(N)=O)c1. The lowest BCUT2D eigenvalue weighted by molar-refractivity contribution is -0.114. The molecule has 0 saturated carbocycles. The Hall–Kier alpha value is -3.15. The second-order valence-corrected chi connectivity index (χ2v) is 4.14.